The number of hydrogen-bond acceptors (Lipinski definition) is 3. The van der Waals surface area contributed by atoms with Crippen molar-refractivity contribution in [2.45, 2.75) is 25.7 Å². The van der Waals surface area contributed by atoms with Crippen molar-refractivity contribution in [2.24, 2.45) is 10.8 Å². The molecule has 0 bridgehead atoms. The summed E-state index contributed by atoms with van der Waals surface area (Å²) in [6, 6.07) is 3.19. The molecule has 0 aromatic carbocycles. The molecule has 1 aliphatic carbocycles. The van der Waals surface area contributed by atoms with E-state index in [0.29, 0.717) is 0 Å². The molecule has 2 rings (SSSR count). The normalized spacial score (nSPS) is 22.3. The number of hydrazone groups is 1. The zero-order valence-electron chi connectivity index (χ0n) is 9.64. The monoisotopic (exact) mass is 233 g/mol. The van der Waals surface area contributed by atoms with Crippen molar-refractivity contribution in [2.75, 3.05) is 0 Å². The van der Waals surface area contributed by atoms with Crippen LogP contribution in [-0.2, 0) is 0 Å². The quantitative estimate of drug-likeness (QED) is 0.767. The lowest BCUT2D eigenvalue weighted by atomic mass is 9.87. The molecule has 1 unspecified atom stereocenters. The van der Waals surface area contributed by atoms with Crippen LogP contribution >= 0.6 is 0 Å². The summed E-state index contributed by atoms with van der Waals surface area (Å²) in [7, 11) is 0. The number of furan rings is 1. The molecule has 1 atom stereocenters. The first-order valence-electron chi connectivity index (χ1n) is 5.47. The Labute approximate surface area is 99.4 Å². The van der Waals surface area contributed by atoms with Gasteiger partial charge in [0, 0.05) is 12.3 Å². The fourth-order valence-electron chi connectivity index (χ4n) is 2.05. The van der Waals surface area contributed by atoms with Crippen molar-refractivity contribution >= 4 is 11.7 Å². The molecule has 5 heteroatoms. The predicted octanol–water partition coefficient (Wildman–Crippen LogP) is 2.13. The summed E-state index contributed by atoms with van der Waals surface area (Å²) in [5.74, 6) is 1.23. The molecule has 17 heavy (non-hydrogen) atoms. The number of nitrogens with zero attached hydrogens (tertiary/aromatic N) is 1. The third kappa shape index (κ3) is 2.96. The average Bonchev–Trinajstić information content (AvgIpc) is 2.79. The number of hydrogen-bond donors (Lipinski definition) is 2. The topological polar surface area (TPSA) is 80.6 Å². The van der Waals surface area contributed by atoms with Crippen molar-refractivity contribution in [3.63, 3.8) is 0 Å². The molecule has 1 aromatic rings. The minimum atomic E-state index is -0.649. The van der Waals surface area contributed by atoms with Gasteiger partial charge in [0.15, 0.2) is 0 Å². The lowest BCUT2D eigenvalue weighted by Gasteiger charge is -2.20. The van der Waals surface area contributed by atoms with Crippen LogP contribution in [0.5, 0.6) is 0 Å². The second-order valence-corrected chi connectivity index (χ2v) is 4.19. The van der Waals surface area contributed by atoms with Gasteiger partial charge < -0.3 is 10.2 Å². The smallest absolute Gasteiger partial charge is 0.332 e. The van der Waals surface area contributed by atoms with Gasteiger partial charge >= 0.3 is 6.03 Å². The molecule has 0 aliphatic heterocycles. The van der Waals surface area contributed by atoms with Crippen LogP contribution < -0.4 is 11.2 Å². The van der Waals surface area contributed by atoms with E-state index in [1.54, 1.807) is 6.26 Å². The molecule has 0 saturated carbocycles. The van der Waals surface area contributed by atoms with E-state index >= 15 is 0 Å². The van der Waals surface area contributed by atoms with Crippen molar-refractivity contribution < 1.29 is 9.21 Å². The Morgan fingerprint density at radius 1 is 1.59 bits per heavy atom. The van der Waals surface area contributed by atoms with Crippen molar-refractivity contribution in [3.05, 3.63) is 35.8 Å². The largest absolute Gasteiger partial charge is 0.469 e. The number of nitrogens with two attached hydrogens (primary N) is 1. The van der Waals surface area contributed by atoms with Crippen LogP contribution in [0.4, 0.5) is 4.79 Å². The zero-order chi connectivity index (χ0) is 12.3. The van der Waals surface area contributed by atoms with E-state index in [2.05, 4.69) is 10.5 Å². The summed E-state index contributed by atoms with van der Waals surface area (Å²) in [6.07, 6.45) is 5.32. The summed E-state index contributed by atoms with van der Waals surface area (Å²) in [5.41, 5.74) is 9.26. The summed E-state index contributed by atoms with van der Waals surface area (Å²) >= 11 is 0. The van der Waals surface area contributed by atoms with Gasteiger partial charge in [0.25, 0.3) is 0 Å². The maximum absolute atomic E-state index is 10.6. The number of primary amides is 1. The van der Waals surface area contributed by atoms with Crippen LogP contribution in [0, 0.1) is 0 Å². The highest BCUT2D eigenvalue weighted by Crippen LogP contribution is 2.31. The SMILES string of the molecule is CC1=C/C(=N\NC(N)=O)CC(c2ccco2)C1. The summed E-state index contributed by atoms with van der Waals surface area (Å²) in [4.78, 5) is 10.6. The minimum Gasteiger partial charge on any atom is -0.469 e. The van der Waals surface area contributed by atoms with Crippen molar-refractivity contribution in [3.8, 4) is 0 Å². The average molecular weight is 233 g/mol. The van der Waals surface area contributed by atoms with Gasteiger partial charge in [-0.3, -0.25) is 0 Å². The Kier molecular flexibility index (Phi) is 3.27. The molecule has 1 heterocycles. The second-order valence-electron chi connectivity index (χ2n) is 4.19. The molecular weight excluding hydrogens is 218 g/mol. The second kappa shape index (κ2) is 4.86. The van der Waals surface area contributed by atoms with Crippen molar-refractivity contribution in [1.82, 2.24) is 5.43 Å². The predicted molar refractivity (Wildman–Crippen MR) is 64.6 cm³/mol. The van der Waals surface area contributed by atoms with Crippen LogP contribution in [0.3, 0.4) is 0 Å². The van der Waals surface area contributed by atoms with Gasteiger partial charge in [0.2, 0.25) is 0 Å². The van der Waals surface area contributed by atoms with Gasteiger partial charge in [-0.15, -0.1) is 0 Å². The Morgan fingerprint density at radius 3 is 3.06 bits per heavy atom. The van der Waals surface area contributed by atoms with E-state index in [1.807, 2.05) is 25.1 Å². The van der Waals surface area contributed by atoms with E-state index in [0.717, 1.165) is 24.3 Å². The highest BCUT2D eigenvalue weighted by molar-refractivity contribution is 5.97. The first-order chi connectivity index (χ1) is 8.15. The van der Waals surface area contributed by atoms with Gasteiger partial charge in [-0.05, 0) is 31.6 Å². The number of urea groups is 1. The molecule has 1 aromatic heterocycles. The molecule has 3 N–H and O–H groups in total. The first-order valence-corrected chi connectivity index (χ1v) is 5.47. The van der Waals surface area contributed by atoms with E-state index in [9.17, 15) is 4.79 Å². The van der Waals surface area contributed by atoms with Gasteiger partial charge in [0.1, 0.15) is 5.76 Å². The fourth-order valence-corrected chi connectivity index (χ4v) is 2.05. The van der Waals surface area contributed by atoms with Crippen molar-refractivity contribution in [1.29, 1.82) is 0 Å². The molecule has 0 radical (unpaired) electrons. The van der Waals surface area contributed by atoms with Crippen LogP contribution in [-0.4, -0.2) is 11.7 Å². The summed E-state index contributed by atoms with van der Waals surface area (Å²) in [6.45, 7) is 2.04. The lowest BCUT2D eigenvalue weighted by molar-refractivity contribution is 0.249. The number of nitrogens with one attached hydrogen (secondary N) is 1. The third-order valence-electron chi connectivity index (χ3n) is 2.69. The number of allylic oxidation sites excluding steroid dienone is 2. The fraction of sp³-hybridized carbons (Fsp3) is 0.333. The molecule has 90 valence electrons. The molecular formula is C12H15N3O2. The number of carbonyl (C=O) groups is 1. The van der Waals surface area contributed by atoms with Crippen LogP contribution in [0.2, 0.25) is 0 Å². The number of amides is 2. The lowest BCUT2D eigenvalue weighted by Crippen LogP contribution is -2.26. The number of carbonyl (C=O) groups excluding carboxylic acids is 1. The Hall–Kier alpha value is -2.04. The standard InChI is InChI=1S/C12H15N3O2/c1-8-5-9(11-3-2-4-17-11)7-10(6-8)14-15-12(13)16/h2-4,6,9H,5,7H2,1H3,(H3,13,15,16)/b14-10+. The van der Waals surface area contributed by atoms with E-state index < -0.39 is 6.03 Å². The first kappa shape index (κ1) is 11.4. The van der Waals surface area contributed by atoms with E-state index in [-0.39, 0.29) is 5.92 Å². The Morgan fingerprint density at radius 2 is 2.41 bits per heavy atom. The zero-order valence-corrected chi connectivity index (χ0v) is 9.64. The van der Waals surface area contributed by atoms with E-state index in [4.69, 9.17) is 10.2 Å². The minimum absolute atomic E-state index is 0.281. The summed E-state index contributed by atoms with van der Waals surface area (Å²) in [5, 5.41) is 3.97. The molecule has 2 amide bonds. The molecule has 5 nitrogen and oxygen atoms in total. The maximum Gasteiger partial charge on any atom is 0.332 e. The maximum atomic E-state index is 10.6. The highest BCUT2D eigenvalue weighted by atomic mass is 16.3. The van der Waals surface area contributed by atoms with Gasteiger partial charge in [-0.1, -0.05) is 5.57 Å². The Balaban J connectivity index is 2.13. The molecule has 0 fully saturated rings. The van der Waals surface area contributed by atoms with E-state index in [1.165, 1.54) is 5.57 Å². The van der Waals surface area contributed by atoms with Crippen LogP contribution in [0.1, 0.15) is 31.4 Å². The van der Waals surface area contributed by atoms with Crippen LogP contribution in [0.25, 0.3) is 0 Å². The number of rotatable bonds is 2. The molecule has 0 saturated heterocycles. The molecule has 0 spiro atoms. The van der Waals surface area contributed by atoms with Gasteiger partial charge in [-0.2, -0.15) is 5.10 Å². The summed E-state index contributed by atoms with van der Waals surface area (Å²) < 4.78 is 5.40. The van der Waals surface area contributed by atoms with Gasteiger partial charge in [0.05, 0.1) is 12.0 Å². The Bertz CT molecular complexity index is 460. The van der Waals surface area contributed by atoms with Gasteiger partial charge in [-0.25, -0.2) is 10.2 Å². The van der Waals surface area contributed by atoms with Crippen LogP contribution in [0.15, 0.2) is 39.6 Å². The highest BCUT2D eigenvalue weighted by Gasteiger charge is 2.21. The molecule has 1 aliphatic rings. The third-order valence-corrected chi connectivity index (χ3v) is 2.69.